The van der Waals surface area contributed by atoms with Crippen LogP contribution in [0.5, 0.6) is 0 Å². The summed E-state index contributed by atoms with van der Waals surface area (Å²) in [6.07, 6.45) is 1.30. The smallest absolute Gasteiger partial charge is 0.289 e. The number of hydrogen-bond acceptors (Lipinski definition) is 5. The van der Waals surface area contributed by atoms with Crippen molar-refractivity contribution in [1.82, 2.24) is 15.6 Å². The molecule has 2 heterocycles. The normalized spacial score (nSPS) is 20.7. The van der Waals surface area contributed by atoms with E-state index in [9.17, 15) is 4.79 Å². The van der Waals surface area contributed by atoms with Crippen LogP contribution in [0, 0.1) is 6.92 Å². The SMILES string of the molecule is Cc1ncoc1C(=O)NCC1CNCCO1. The maximum absolute atomic E-state index is 11.6. The monoisotopic (exact) mass is 225 g/mol. The van der Waals surface area contributed by atoms with Crippen molar-refractivity contribution >= 4 is 5.91 Å². The van der Waals surface area contributed by atoms with Gasteiger partial charge in [-0.3, -0.25) is 4.79 Å². The number of nitrogens with one attached hydrogen (secondary N) is 2. The minimum absolute atomic E-state index is 0.0286. The van der Waals surface area contributed by atoms with E-state index in [2.05, 4.69) is 15.6 Å². The van der Waals surface area contributed by atoms with Gasteiger partial charge in [0.05, 0.1) is 18.4 Å². The second-order valence-corrected chi connectivity index (χ2v) is 3.67. The fraction of sp³-hybridized carbons (Fsp3) is 0.600. The third kappa shape index (κ3) is 2.59. The van der Waals surface area contributed by atoms with Gasteiger partial charge >= 0.3 is 0 Å². The van der Waals surface area contributed by atoms with E-state index in [-0.39, 0.29) is 17.8 Å². The van der Waals surface area contributed by atoms with Gasteiger partial charge in [-0.15, -0.1) is 0 Å². The molecule has 1 aromatic heterocycles. The summed E-state index contributed by atoms with van der Waals surface area (Å²) in [6, 6.07) is 0. The summed E-state index contributed by atoms with van der Waals surface area (Å²) >= 11 is 0. The molecule has 1 aliphatic rings. The van der Waals surface area contributed by atoms with Crippen molar-refractivity contribution in [3.8, 4) is 0 Å². The Morgan fingerprint density at radius 3 is 3.25 bits per heavy atom. The van der Waals surface area contributed by atoms with Gasteiger partial charge < -0.3 is 19.8 Å². The molecule has 1 fully saturated rings. The van der Waals surface area contributed by atoms with E-state index in [1.807, 2.05) is 0 Å². The Kier molecular flexibility index (Phi) is 3.53. The number of amides is 1. The Hall–Kier alpha value is -1.40. The highest BCUT2D eigenvalue weighted by Gasteiger charge is 2.17. The lowest BCUT2D eigenvalue weighted by Gasteiger charge is -2.23. The summed E-state index contributed by atoms with van der Waals surface area (Å²) in [7, 11) is 0. The van der Waals surface area contributed by atoms with E-state index in [1.54, 1.807) is 6.92 Å². The van der Waals surface area contributed by atoms with E-state index in [4.69, 9.17) is 9.15 Å². The minimum atomic E-state index is -0.246. The van der Waals surface area contributed by atoms with Crippen LogP contribution in [0.3, 0.4) is 0 Å². The predicted molar refractivity (Wildman–Crippen MR) is 56.2 cm³/mol. The molecule has 0 aromatic carbocycles. The quantitative estimate of drug-likeness (QED) is 0.738. The van der Waals surface area contributed by atoms with Gasteiger partial charge in [-0.2, -0.15) is 0 Å². The third-order valence-electron chi connectivity index (χ3n) is 2.45. The van der Waals surface area contributed by atoms with Crippen LogP contribution in [0.4, 0.5) is 0 Å². The first-order valence-corrected chi connectivity index (χ1v) is 5.28. The second kappa shape index (κ2) is 5.09. The van der Waals surface area contributed by atoms with Gasteiger partial charge in [0.15, 0.2) is 6.39 Å². The molecular weight excluding hydrogens is 210 g/mol. The lowest BCUT2D eigenvalue weighted by Crippen LogP contribution is -2.45. The highest BCUT2D eigenvalue weighted by molar-refractivity contribution is 5.92. The summed E-state index contributed by atoms with van der Waals surface area (Å²) in [6.45, 7) is 4.52. The van der Waals surface area contributed by atoms with Crippen molar-refractivity contribution in [2.24, 2.45) is 0 Å². The number of aryl methyl sites for hydroxylation is 1. The van der Waals surface area contributed by atoms with Crippen molar-refractivity contribution in [3.63, 3.8) is 0 Å². The second-order valence-electron chi connectivity index (χ2n) is 3.67. The van der Waals surface area contributed by atoms with Gasteiger partial charge in [-0.1, -0.05) is 0 Å². The molecule has 1 unspecified atom stereocenters. The number of hydrogen-bond donors (Lipinski definition) is 2. The largest absolute Gasteiger partial charge is 0.438 e. The first kappa shape index (κ1) is 11.1. The number of nitrogens with zero attached hydrogens (tertiary/aromatic N) is 1. The molecule has 0 radical (unpaired) electrons. The number of aromatic nitrogens is 1. The third-order valence-corrected chi connectivity index (χ3v) is 2.45. The number of carbonyl (C=O) groups is 1. The van der Waals surface area contributed by atoms with E-state index in [0.717, 1.165) is 13.1 Å². The zero-order chi connectivity index (χ0) is 11.4. The van der Waals surface area contributed by atoms with Crippen LogP contribution in [0.2, 0.25) is 0 Å². The van der Waals surface area contributed by atoms with Crippen molar-refractivity contribution in [2.45, 2.75) is 13.0 Å². The van der Waals surface area contributed by atoms with E-state index in [0.29, 0.717) is 18.8 Å². The zero-order valence-corrected chi connectivity index (χ0v) is 9.16. The maximum atomic E-state index is 11.6. The van der Waals surface area contributed by atoms with E-state index >= 15 is 0 Å². The van der Waals surface area contributed by atoms with Crippen molar-refractivity contribution in [1.29, 1.82) is 0 Å². The van der Waals surface area contributed by atoms with Crippen LogP contribution < -0.4 is 10.6 Å². The Morgan fingerprint density at radius 1 is 1.75 bits per heavy atom. The standard InChI is InChI=1S/C10H15N3O3/c1-7-9(16-6-13-7)10(14)12-5-8-4-11-2-3-15-8/h6,8,11H,2-5H2,1H3,(H,12,14). The summed E-state index contributed by atoms with van der Waals surface area (Å²) < 4.78 is 10.4. The molecule has 16 heavy (non-hydrogen) atoms. The van der Waals surface area contributed by atoms with Crippen LogP contribution in [-0.4, -0.2) is 43.2 Å². The Bertz CT molecular complexity index is 358. The molecule has 1 aliphatic heterocycles. The number of rotatable bonds is 3. The number of carbonyl (C=O) groups excluding carboxylic acids is 1. The average molecular weight is 225 g/mol. The van der Waals surface area contributed by atoms with Gasteiger partial charge in [0.25, 0.3) is 5.91 Å². The molecule has 1 saturated heterocycles. The lowest BCUT2D eigenvalue weighted by atomic mass is 10.3. The highest BCUT2D eigenvalue weighted by atomic mass is 16.5. The van der Waals surface area contributed by atoms with Gasteiger partial charge in [0, 0.05) is 19.6 Å². The van der Waals surface area contributed by atoms with Crippen molar-refractivity contribution in [3.05, 3.63) is 17.8 Å². The van der Waals surface area contributed by atoms with Gasteiger partial charge in [-0.25, -0.2) is 4.98 Å². The van der Waals surface area contributed by atoms with E-state index < -0.39 is 0 Å². The Balaban J connectivity index is 1.81. The first-order valence-electron chi connectivity index (χ1n) is 5.28. The topological polar surface area (TPSA) is 76.4 Å². The molecule has 2 rings (SSSR count). The zero-order valence-electron chi connectivity index (χ0n) is 9.16. The molecule has 0 aliphatic carbocycles. The summed E-state index contributed by atoms with van der Waals surface area (Å²) in [5, 5.41) is 5.95. The molecule has 6 heteroatoms. The predicted octanol–water partition coefficient (Wildman–Crippen LogP) is -0.299. The highest BCUT2D eigenvalue weighted by Crippen LogP contribution is 2.04. The summed E-state index contributed by atoms with van der Waals surface area (Å²) in [5.74, 6) is 0.0212. The minimum Gasteiger partial charge on any atom is -0.438 e. The average Bonchev–Trinajstić information content (AvgIpc) is 2.74. The molecule has 0 bridgehead atoms. The Labute approximate surface area is 93.4 Å². The van der Waals surface area contributed by atoms with E-state index in [1.165, 1.54) is 6.39 Å². The number of ether oxygens (including phenoxy) is 1. The van der Waals surface area contributed by atoms with Crippen LogP contribution >= 0.6 is 0 Å². The fourth-order valence-corrected chi connectivity index (χ4v) is 1.56. The molecule has 1 atom stereocenters. The fourth-order valence-electron chi connectivity index (χ4n) is 1.56. The van der Waals surface area contributed by atoms with Gasteiger partial charge in [0.2, 0.25) is 5.76 Å². The molecule has 2 N–H and O–H groups in total. The number of morpholine rings is 1. The molecule has 0 spiro atoms. The van der Waals surface area contributed by atoms with Gasteiger partial charge in [0.1, 0.15) is 0 Å². The van der Waals surface area contributed by atoms with Crippen LogP contribution in [0.1, 0.15) is 16.2 Å². The van der Waals surface area contributed by atoms with Crippen molar-refractivity contribution < 1.29 is 13.9 Å². The Morgan fingerprint density at radius 2 is 2.62 bits per heavy atom. The lowest BCUT2D eigenvalue weighted by molar-refractivity contribution is 0.0284. The number of oxazole rings is 1. The molecule has 88 valence electrons. The summed E-state index contributed by atoms with van der Waals surface area (Å²) in [4.78, 5) is 15.5. The molecule has 1 amide bonds. The van der Waals surface area contributed by atoms with Crippen LogP contribution in [-0.2, 0) is 4.74 Å². The molecule has 1 aromatic rings. The van der Waals surface area contributed by atoms with Crippen molar-refractivity contribution in [2.75, 3.05) is 26.2 Å². The van der Waals surface area contributed by atoms with Crippen LogP contribution in [0.25, 0.3) is 0 Å². The molecular formula is C10H15N3O3. The first-order chi connectivity index (χ1) is 7.77. The molecule has 0 saturated carbocycles. The van der Waals surface area contributed by atoms with Gasteiger partial charge in [-0.05, 0) is 6.92 Å². The van der Waals surface area contributed by atoms with Crippen LogP contribution in [0.15, 0.2) is 10.8 Å². The molecule has 6 nitrogen and oxygen atoms in total. The summed E-state index contributed by atoms with van der Waals surface area (Å²) in [5.41, 5.74) is 0.597. The maximum Gasteiger partial charge on any atom is 0.289 e.